The lowest BCUT2D eigenvalue weighted by Crippen LogP contribution is -2.51. The first-order valence-electron chi connectivity index (χ1n) is 6.02. The van der Waals surface area contributed by atoms with E-state index in [2.05, 4.69) is 9.80 Å². The predicted octanol–water partition coefficient (Wildman–Crippen LogP) is -0.907. The van der Waals surface area contributed by atoms with E-state index >= 15 is 0 Å². The normalized spacial score (nSPS) is 25.1. The lowest BCUT2D eigenvalue weighted by molar-refractivity contribution is -0.135. The molecule has 0 saturated carbocycles. The fourth-order valence-corrected chi connectivity index (χ4v) is 2.15. The summed E-state index contributed by atoms with van der Waals surface area (Å²) in [4.78, 5) is 18.1. The molecule has 2 rings (SSSR count). The van der Waals surface area contributed by atoms with Gasteiger partial charge in [-0.2, -0.15) is 0 Å². The van der Waals surface area contributed by atoms with Crippen molar-refractivity contribution < 1.29 is 9.53 Å². The highest BCUT2D eigenvalue weighted by molar-refractivity contribution is 5.78. The number of hydrogen-bond acceptors (Lipinski definition) is 4. The highest BCUT2D eigenvalue weighted by Crippen LogP contribution is 2.02. The van der Waals surface area contributed by atoms with Gasteiger partial charge in [0, 0.05) is 39.3 Å². The van der Waals surface area contributed by atoms with Gasteiger partial charge < -0.3 is 9.64 Å². The number of hydrogen-bond donors (Lipinski definition) is 0. The second-order valence-electron chi connectivity index (χ2n) is 4.57. The molecule has 5 nitrogen and oxygen atoms in total. The first-order chi connectivity index (χ1) is 7.75. The molecule has 2 saturated heterocycles. The van der Waals surface area contributed by atoms with Gasteiger partial charge in [0.2, 0.25) is 5.91 Å². The van der Waals surface area contributed by atoms with Crippen molar-refractivity contribution in [2.24, 2.45) is 0 Å². The fourth-order valence-electron chi connectivity index (χ4n) is 2.15. The summed E-state index contributed by atoms with van der Waals surface area (Å²) in [5.74, 6) is 0.266. The third kappa shape index (κ3) is 3.17. The lowest BCUT2D eigenvalue weighted by atomic mass is 10.3. The topological polar surface area (TPSA) is 36.0 Å². The van der Waals surface area contributed by atoms with Gasteiger partial charge in [0.1, 0.15) is 0 Å². The number of ether oxygens (including phenoxy) is 1. The van der Waals surface area contributed by atoms with Crippen molar-refractivity contribution in [3.63, 3.8) is 0 Å². The Labute approximate surface area is 96.9 Å². The summed E-state index contributed by atoms with van der Waals surface area (Å²) in [6.45, 7) is 7.96. The lowest BCUT2D eigenvalue weighted by Gasteiger charge is -2.34. The van der Waals surface area contributed by atoms with Crippen LogP contribution in [0.5, 0.6) is 0 Å². The quantitative estimate of drug-likeness (QED) is 0.625. The first kappa shape index (κ1) is 11.8. The Balaban J connectivity index is 1.70. The molecular weight excluding hydrogens is 206 g/mol. The maximum atomic E-state index is 11.7. The van der Waals surface area contributed by atoms with Crippen molar-refractivity contribution in [3.8, 4) is 0 Å². The van der Waals surface area contributed by atoms with E-state index in [1.807, 2.05) is 11.9 Å². The third-order valence-electron chi connectivity index (χ3n) is 3.30. The summed E-state index contributed by atoms with van der Waals surface area (Å²) in [7, 11) is 2.00. The second-order valence-corrected chi connectivity index (χ2v) is 4.57. The standard InChI is InChI=1S/C11H21N3O2/c1-12-2-4-14(11(15)10-12)5-3-13-6-8-16-9-7-13/h2-10H2,1H3. The molecule has 0 aromatic rings. The van der Waals surface area contributed by atoms with Gasteiger partial charge in [-0.3, -0.25) is 14.6 Å². The predicted molar refractivity (Wildman–Crippen MR) is 61.3 cm³/mol. The molecule has 0 aliphatic carbocycles. The Bertz CT molecular complexity index is 241. The van der Waals surface area contributed by atoms with E-state index in [4.69, 9.17) is 4.74 Å². The van der Waals surface area contributed by atoms with Crippen LogP contribution in [0.1, 0.15) is 0 Å². The number of carbonyl (C=O) groups excluding carboxylic acids is 1. The molecule has 0 spiro atoms. The zero-order chi connectivity index (χ0) is 11.4. The summed E-state index contributed by atoms with van der Waals surface area (Å²) in [6, 6.07) is 0. The van der Waals surface area contributed by atoms with Crippen LogP contribution in [0.2, 0.25) is 0 Å². The molecule has 0 atom stereocenters. The van der Waals surface area contributed by atoms with Crippen LogP contribution in [0.15, 0.2) is 0 Å². The molecule has 2 aliphatic rings. The first-order valence-corrected chi connectivity index (χ1v) is 6.02. The van der Waals surface area contributed by atoms with E-state index in [1.54, 1.807) is 0 Å². The van der Waals surface area contributed by atoms with Gasteiger partial charge in [0.05, 0.1) is 19.8 Å². The summed E-state index contributed by atoms with van der Waals surface area (Å²) < 4.78 is 5.30. The van der Waals surface area contributed by atoms with Gasteiger partial charge in [0.15, 0.2) is 0 Å². The van der Waals surface area contributed by atoms with E-state index in [1.165, 1.54) is 0 Å². The number of rotatable bonds is 3. The van der Waals surface area contributed by atoms with Crippen molar-refractivity contribution >= 4 is 5.91 Å². The maximum absolute atomic E-state index is 11.7. The third-order valence-corrected chi connectivity index (χ3v) is 3.30. The van der Waals surface area contributed by atoms with E-state index in [0.717, 1.165) is 52.5 Å². The Hall–Kier alpha value is -0.650. The van der Waals surface area contributed by atoms with E-state index in [0.29, 0.717) is 6.54 Å². The molecule has 0 radical (unpaired) electrons. The Morgan fingerprint density at radius 1 is 1.12 bits per heavy atom. The van der Waals surface area contributed by atoms with E-state index < -0.39 is 0 Å². The summed E-state index contributed by atoms with van der Waals surface area (Å²) in [5.41, 5.74) is 0. The molecule has 0 aromatic heterocycles. The average Bonchev–Trinajstić information content (AvgIpc) is 2.29. The molecular formula is C11H21N3O2. The molecule has 0 unspecified atom stereocenters. The molecule has 2 fully saturated rings. The Morgan fingerprint density at radius 2 is 1.88 bits per heavy atom. The minimum atomic E-state index is 0.266. The van der Waals surface area contributed by atoms with Gasteiger partial charge >= 0.3 is 0 Å². The van der Waals surface area contributed by atoms with Crippen molar-refractivity contribution in [2.45, 2.75) is 0 Å². The van der Waals surface area contributed by atoms with Crippen LogP contribution in [-0.2, 0) is 9.53 Å². The fraction of sp³-hybridized carbons (Fsp3) is 0.909. The van der Waals surface area contributed by atoms with Gasteiger partial charge in [-0.1, -0.05) is 0 Å². The van der Waals surface area contributed by atoms with Gasteiger partial charge in [-0.05, 0) is 7.05 Å². The minimum Gasteiger partial charge on any atom is -0.379 e. The Morgan fingerprint density at radius 3 is 2.56 bits per heavy atom. The van der Waals surface area contributed by atoms with Crippen LogP contribution >= 0.6 is 0 Å². The number of amides is 1. The van der Waals surface area contributed by atoms with Crippen molar-refractivity contribution in [1.29, 1.82) is 0 Å². The van der Waals surface area contributed by atoms with Crippen molar-refractivity contribution in [3.05, 3.63) is 0 Å². The van der Waals surface area contributed by atoms with Crippen molar-refractivity contribution in [1.82, 2.24) is 14.7 Å². The van der Waals surface area contributed by atoms with Crippen LogP contribution in [0.3, 0.4) is 0 Å². The van der Waals surface area contributed by atoms with Gasteiger partial charge in [0.25, 0.3) is 0 Å². The zero-order valence-corrected chi connectivity index (χ0v) is 10.0. The summed E-state index contributed by atoms with van der Waals surface area (Å²) in [5, 5.41) is 0. The SMILES string of the molecule is CN1CCN(CCN2CCOCC2)C(=O)C1. The van der Waals surface area contributed by atoms with Crippen LogP contribution < -0.4 is 0 Å². The molecule has 2 aliphatic heterocycles. The highest BCUT2D eigenvalue weighted by Gasteiger charge is 2.21. The second kappa shape index (κ2) is 5.61. The average molecular weight is 227 g/mol. The number of likely N-dealkylation sites (N-methyl/N-ethyl adjacent to an activating group) is 1. The van der Waals surface area contributed by atoms with E-state index in [-0.39, 0.29) is 5.91 Å². The maximum Gasteiger partial charge on any atom is 0.236 e. The monoisotopic (exact) mass is 227 g/mol. The zero-order valence-electron chi connectivity index (χ0n) is 10.0. The molecule has 1 amide bonds. The van der Waals surface area contributed by atoms with Crippen LogP contribution in [0.25, 0.3) is 0 Å². The van der Waals surface area contributed by atoms with Crippen LogP contribution in [-0.4, -0.2) is 86.7 Å². The smallest absolute Gasteiger partial charge is 0.236 e. The molecule has 0 bridgehead atoms. The number of nitrogens with zero attached hydrogens (tertiary/aromatic N) is 3. The van der Waals surface area contributed by atoms with Crippen molar-refractivity contribution in [2.75, 3.05) is 66.1 Å². The molecule has 0 aromatic carbocycles. The van der Waals surface area contributed by atoms with Gasteiger partial charge in [-0.15, -0.1) is 0 Å². The summed E-state index contributed by atoms with van der Waals surface area (Å²) >= 11 is 0. The molecule has 0 N–H and O–H groups in total. The van der Waals surface area contributed by atoms with Crippen LogP contribution in [0, 0.1) is 0 Å². The molecule has 5 heteroatoms. The number of carbonyl (C=O) groups is 1. The summed E-state index contributed by atoms with van der Waals surface area (Å²) in [6.07, 6.45) is 0. The van der Waals surface area contributed by atoms with Crippen LogP contribution in [0.4, 0.5) is 0 Å². The molecule has 16 heavy (non-hydrogen) atoms. The largest absolute Gasteiger partial charge is 0.379 e. The number of piperazine rings is 1. The van der Waals surface area contributed by atoms with Gasteiger partial charge in [-0.25, -0.2) is 0 Å². The number of morpholine rings is 1. The van der Waals surface area contributed by atoms with E-state index in [9.17, 15) is 4.79 Å². The molecule has 92 valence electrons. The minimum absolute atomic E-state index is 0.266. The highest BCUT2D eigenvalue weighted by atomic mass is 16.5. The molecule has 2 heterocycles. The Kier molecular flexibility index (Phi) is 4.15.